The Balaban J connectivity index is 1.77. The van der Waals surface area contributed by atoms with Gasteiger partial charge in [-0.25, -0.2) is 14.6 Å². The summed E-state index contributed by atoms with van der Waals surface area (Å²) < 4.78 is 10.7. The normalized spacial score (nSPS) is 22.6. The van der Waals surface area contributed by atoms with Gasteiger partial charge in [-0.1, -0.05) is 0 Å². The van der Waals surface area contributed by atoms with Gasteiger partial charge in [0.15, 0.2) is 5.82 Å². The maximum Gasteiger partial charge on any atom is 0.416 e. The highest BCUT2D eigenvalue weighted by Gasteiger charge is 2.42. The van der Waals surface area contributed by atoms with Crippen LogP contribution in [0.2, 0.25) is 0 Å². The molecule has 0 aliphatic carbocycles. The molecule has 2 aliphatic heterocycles. The Morgan fingerprint density at radius 2 is 2.07 bits per heavy atom. The molecule has 0 spiro atoms. The molecule has 0 N–H and O–H groups in total. The van der Waals surface area contributed by atoms with Crippen molar-refractivity contribution in [2.45, 2.75) is 64.5 Å². The Kier molecular flexibility index (Phi) is 5.01. The molecule has 0 radical (unpaired) electrons. The Labute approximate surface area is 159 Å². The van der Waals surface area contributed by atoms with Crippen LogP contribution in [0.15, 0.2) is 12.4 Å². The van der Waals surface area contributed by atoms with E-state index in [1.54, 1.807) is 17.3 Å². The minimum Gasteiger partial charge on any atom is -0.447 e. The summed E-state index contributed by atoms with van der Waals surface area (Å²) in [6.07, 6.45) is 4.34. The number of anilines is 1. The van der Waals surface area contributed by atoms with E-state index in [0.29, 0.717) is 25.5 Å². The number of nitrogens with zero attached hydrogens (tertiary/aromatic N) is 4. The minimum absolute atomic E-state index is 0.0560. The summed E-state index contributed by atoms with van der Waals surface area (Å²) in [5.74, 6) is 0.537. The van der Waals surface area contributed by atoms with Crippen LogP contribution in [0.1, 0.15) is 59.1 Å². The van der Waals surface area contributed by atoms with Crippen LogP contribution in [-0.4, -0.2) is 57.9 Å². The van der Waals surface area contributed by atoms with E-state index in [1.165, 1.54) is 4.90 Å². The van der Waals surface area contributed by atoms with E-state index in [9.17, 15) is 9.59 Å². The number of ether oxygens (including phenoxy) is 2. The summed E-state index contributed by atoms with van der Waals surface area (Å²) >= 11 is 0. The van der Waals surface area contributed by atoms with Gasteiger partial charge in [-0.2, -0.15) is 0 Å². The van der Waals surface area contributed by atoms with E-state index in [2.05, 4.69) is 9.97 Å². The third-order valence-corrected chi connectivity index (χ3v) is 4.70. The van der Waals surface area contributed by atoms with Crippen LogP contribution in [0.25, 0.3) is 0 Å². The van der Waals surface area contributed by atoms with Crippen LogP contribution in [0.4, 0.5) is 15.4 Å². The monoisotopic (exact) mass is 376 g/mol. The van der Waals surface area contributed by atoms with Gasteiger partial charge in [-0.3, -0.25) is 9.88 Å². The number of likely N-dealkylation sites (tertiary alicyclic amines) is 1. The first kappa shape index (κ1) is 19.4. The molecule has 0 bridgehead atoms. The summed E-state index contributed by atoms with van der Waals surface area (Å²) in [6.45, 7) is 10.9. The van der Waals surface area contributed by atoms with Gasteiger partial charge in [-0.15, -0.1) is 0 Å². The maximum atomic E-state index is 12.4. The molecule has 2 amide bonds. The fraction of sp³-hybridized carbons (Fsp3) is 0.684. The highest BCUT2D eigenvalue weighted by atomic mass is 16.6. The van der Waals surface area contributed by atoms with Crippen LogP contribution >= 0.6 is 0 Å². The van der Waals surface area contributed by atoms with Gasteiger partial charge < -0.3 is 14.4 Å². The second-order valence-corrected chi connectivity index (χ2v) is 8.77. The van der Waals surface area contributed by atoms with Crippen molar-refractivity contribution in [1.29, 1.82) is 0 Å². The topological polar surface area (TPSA) is 84.9 Å². The number of piperidine rings is 1. The molecule has 2 saturated heterocycles. The molecule has 2 fully saturated rings. The van der Waals surface area contributed by atoms with Crippen molar-refractivity contribution in [2.75, 3.05) is 24.6 Å². The first-order valence-corrected chi connectivity index (χ1v) is 9.34. The predicted molar refractivity (Wildman–Crippen MR) is 99.7 cm³/mol. The van der Waals surface area contributed by atoms with Crippen molar-refractivity contribution >= 4 is 18.0 Å². The van der Waals surface area contributed by atoms with Crippen molar-refractivity contribution in [2.24, 2.45) is 0 Å². The van der Waals surface area contributed by atoms with Crippen LogP contribution in [0.5, 0.6) is 0 Å². The van der Waals surface area contributed by atoms with E-state index < -0.39 is 17.2 Å². The smallest absolute Gasteiger partial charge is 0.416 e. The summed E-state index contributed by atoms with van der Waals surface area (Å²) in [7, 11) is 0. The van der Waals surface area contributed by atoms with E-state index >= 15 is 0 Å². The molecule has 1 aromatic rings. The van der Waals surface area contributed by atoms with Crippen LogP contribution in [-0.2, 0) is 9.47 Å². The van der Waals surface area contributed by atoms with Gasteiger partial charge in [0.1, 0.15) is 12.2 Å². The first-order valence-electron chi connectivity index (χ1n) is 9.34. The van der Waals surface area contributed by atoms with Crippen molar-refractivity contribution in [3.05, 3.63) is 18.1 Å². The zero-order valence-electron chi connectivity index (χ0n) is 16.7. The second-order valence-electron chi connectivity index (χ2n) is 8.77. The standard InChI is InChI=1S/C19H28N4O4/c1-18(2,3)27-16(24)22-8-6-7-13(11-22)14-9-20-10-15(21-14)23-17(25)26-12-19(23,4)5/h9-10,13H,6-8,11-12H2,1-5H3. The van der Waals surface area contributed by atoms with Crippen molar-refractivity contribution in [3.8, 4) is 0 Å². The number of cyclic esters (lactones) is 1. The van der Waals surface area contributed by atoms with Gasteiger partial charge in [-0.05, 0) is 47.5 Å². The lowest BCUT2D eigenvalue weighted by Crippen LogP contribution is -2.43. The third kappa shape index (κ3) is 4.31. The average Bonchev–Trinajstić information content (AvgIpc) is 2.86. The second kappa shape index (κ2) is 6.98. The molecule has 8 nitrogen and oxygen atoms in total. The molecule has 8 heteroatoms. The Morgan fingerprint density at radius 1 is 1.33 bits per heavy atom. The lowest BCUT2D eigenvalue weighted by molar-refractivity contribution is 0.0197. The molecule has 0 saturated carbocycles. The summed E-state index contributed by atoms with van der Waals surface area (Å²) in [6, 6.07) is 0. The number of amides is 2. The molecule has 2 aliphatic rings. The van der Waals surface area contributed by atoms with Crippen LogP contribution < -0.4 is 4.90 Å². The zero-order chi connectivity index (χ0) is 19.8. The molecule has 148 valence electrons. The Bertz CT molecular complexity index is 729. The van der Waals surface area contributed by atoms with Crippen LogP contribution in [0, 0.1) is 0 Å². The number of carbonyl (C=O) groups excluding carboxylic acids is 2. The highest BCUT2D eigenvalue weighted by molar-refractivity contribution is 5.90. The fourth-order valence-electron chi connectivity index (χ4n) is 3.40. The Hall–Kier alpha value is -2.38. The van der Waals surface area contributed by atoms with Gasteiger partial charge in [0, 0.05) is 25.2 Å². The number of hydrogen-bond donors (Lipinski definition) is 0. The number of carbonyl (C=O) groups is 2. The van der Waals surface area contributed by atoms with Crippen LogP contribution in [0.3, 0.4) is 0 Å². The summed E-state index contributed by atoms with van der Waals surface area (Å²) in [4.78, 5) is 36.7. The number of aromatic nitrogens is 2. The van der Waals surface area contributed by atoms with Crippen molar-refractivity contribution in [1.82, 2.24) is 14.9 Å². The maximum absolute atomic E-state index is 12.4. The van der Waals surface area contributed by atoms with Gasteiger partial charge in [0.25, 0.3) is 0 Å². The third-order valence-electron chi connectivity index (χ3n) is 4.70. The number of hydrogen-bond acceptors (Lipinski definition) is 6. The fourth-order valence-corrected chi connectivity index (χ4v) is 3.40. The van der Waals surface area contributed by atoms with Gasteiger partial charge >= 0.3 is 12.2 Å². The quantitative estimate of drug-likeness (QED) is 0.787. The molecule has 1 atom stereocenters. The molecular formula is C19H28N4O4. The lowest BCUT2D eigenvalue weighted by Gasteiger charge is -2.34. The highest BCUT2D eigenvalue weighted by Crippen LogP contribution is 2.31. The number of rotatable bonds is 2. The molecule has 3 heterocycles. The zero-order valence-corrected chi connectivity index (χ0v) is 16.7. The summed E-state index contributed by atoms with van der Waals surface area (Å²) in [5, 5.41) is 0. The van der Waals surface area contributed by atoms with Crippen molar-refractivity contribution < 1.29 is 19.1 Å². The SMILES string of the molecule is CC(C)(C)OC(=O)N1CCCC(c2cncc(N3C(=O)OCC3(C)C)n2)C1. The predicted octanol–water partition coefficient (Wildman–Crippen LogP) is 3.33. The molecule has 1 unspecified atom stereocenters. The molecule has 0 aromatic carbocycles. The molecular weight excluding hydrogens is 348 g/mol. The minimum atomic E-state index is -0.522. The van der Waals surface area contributed by atoms with E-state index in [0.717, 1.165) is 18.5 Å². The summed E-state index contributed by atoms with van der Waals surface area (Å²) in [5.41, 5.74) is -0.221. The molecule has 3 rings (SSSR count). The molecule has 27 heavy (non-hydrogen) atoms. The van der Waals surface area contributed by atoms with Gasteiger partial charge in [0.05, 0.1) is 17.4 Å². The van der Waals surface area contributed by atoms with Gasteiger partial charge in [0.2, 0.25) is 0 Å². The average molecular weight is 376 g/mol. The van der Waals surface area contributed by atoms with E-state index in [4.69, 9.17) is 9.47 Å². The van der Waals surface area contributed by atoms with E-state index in [1.807, 2.05) is 34.6 Å². The molecule has 1 aromatic heterocycles. The van der Waals surface area contributed by atoms with E-state index in [-0.39, 0.29) is 12.0 Å². The lowest BCUT2D eigenvalue weighted by atomic mass is 9.95. The first-order chi connectivity index (χ1) is 12.6. The van der Waals surface area contributed by atoms with Crippen molar-refractivity contribution in [3.63, 3.8) is 0 Å². The largest absolute Gasteiger partial charge is 0.447 e. The Morgan fingerprint density at radius 3 is 2.70 bits per heavy atom.